The van der Waals surface area contributed by atoms with E-state index in [-0.39, 0.29) is 11.9 Å². The highest BCUT2D eigenvalue weighted by Crippen LogP contribution is 2.33. The van der Waals surface area contributed by atoms with Crippen LogP contribution in [0.4, 0.5) is 21.9 Å². The third-order valence-corrected chi connectivity index (χ3v) is 12.2. The van der Waals surface area contributed by atoms with Crippen LogP contribution in [0.25, 0.3) is 21.5 Å². The third-order valence-electron chi connectivity index (χ3n) is 12.2. The van der Waals surface area contributed by atoms with Gasteiger partial charge in [-0.3, -0.25) is 9.59 Å². The molecule has 62 heavy (non-hydrogen) atoms. The molecule has 2 saturated carbocycles. The number of methoxy groups -OCH3 is 2. The predicted octanol–water partition coefficient (Wildman–Crippen LogP) is 9.82. The van der Waals surface area contributed by atoms with E-state index in [2.05, 4.69) is 21.3 Å². The molecule has 2 fully saturated rings. The van der Waals surface area contributed by atoms with Gasteiger partial charge in [-0.15, -0.1) is 0 Å². The summed E-state index contributed by atoms with van der Waals surface area (Å²) < 4.78 is 10.1. The standard InChI is InChI=1S/C30H35N3O4.C20H24N2O3/c1-19-15-20(2)26(21(3)16-19)32-29(36)31-25-18-23-12-8-7-11-22(23)17-24(25)27(34)33-30(28(35)37-4)13-9-5-6-10-14-30;1-25-19(24)20(10-6-2-3-7-11-20)22-18(23)16-12-14-8-4-5-9-15(14)13-17(16)21/h7-8,11-12,15-18H,5-6,9-10,13-14H2,1-4H3,(H,33,34)(H2,31,32,36);4-5,8-9,12-13H,2-3,6-7,10-11,21H2,1H3,(H,22,23). The lowest BCUT2D eigenvalue weighted by Crippen LogP contribution is -2.54. The molecule has 6 N–H and O–H groups in total. The van der Waals surface area contributed by atoms with E-state index in [1.807, 2.05) is 81.4 Å². The minimum atomic E-state index is -1.08. The summed E-state index contributed by atoms with van der Waals surface area (Å²) in [6.45, 7) is 5.91. The number of carbonyl (C=O) groups excluding carboxylic acids is 5. The number of anilines is 3. The number of amides is 4. The molecule has 0 aromatic heterocycles. The Hall–Kier alpha value is -6.43. The van der Waals surface area contributed by atoms with E-state index in [9.17, 15) is 24.0 Å². The van der Waals surface area contributed by atoms with Crippen LogP contribution in [0.2, 0.25) is 0 Å². The SMILES string of the molecule is COC(=O)C1(NC(=O)c2cc3ccccc3cc2N)CCCCCC1.COC(=O)C1(NC(=O)c2cc3ccccc3cc2NC(=O)Nc2c(C)cc(C)cc2C)CCCCCC1. The van der Waals surface area contributed by atoms with Crippen LogP contribution in [0.3, 0.4) is 0 Å². The summed E-state index contributed by atoms with van der Waals surface area (Å²) in [7, 11) is 2.72. The monoisotopic (exact) mass is 841 g/mol. The predicted molar refractivity (Wildman–Crippen MR) is 245 cm³/mol. The summed E-state index contributed by atoms with van der Waals surface area (Å²) in [4.78, 5) is 65.0. The van der Waals surface area contributed by atoms with Crippen LogP contribution in [0.15, 0.2) is 84.9 Å². The van der Waals surface area contributed by atoms with Gasteiger partial charge in [0.2, 0.25) is 0 Å². The van der Waals surface area contributed by atoms with E-state index >= 15 is 0 Å². The molecule has 0 unspecified atom stereocenters. The van der Waals surface area contributed by atoms with E-state index in [1.165, 1.54) is 14.2 Å². The summed E-state index contributed by atoms with van der Waals surface area (Å²) in [5.41, 5.74) is 9.28. The number of aryl methyl sites for hydroxylation is 3. The molecule has 5 aromatic carbocycles. The molecule has 0 radical (unpaired) electrons. The number of esters is 2. The van der Waals surface area contributed by atoms with Gasteiger partial charge in [0.1, 0.15) is 11.1 Å². The van der Waals surface area contributed by atoms with Crippen molar-refractivity contribution in [1.29, 1.82) is 0 Å². The van der Waals surface area contributed by atoms with Crippen molar-refractivity contribution in [2.45, 2.75) is 109 Å². The normalized spacial score (nSPS) is 15.7. The number of hydrogen-bond donors (Lipinski definition) is 5. The van der Waals surface area contributed by atoms with E-state index in [4.69, 9.17) is 15.2 Å². The maximum atomic E-state index is 13.7. The number of benzene rings is 5. The lowest BCUT2D eigenvalue weighted by atomic mass is 9.89. The number of carbonyl (C=O) groups is 5. The molecule has 4 amide bonds. The first-order valence-electron chi connectivity index (χ1n) is 21.6. The molecular weight excluding hydrogens is 783 g/mol. The highest BCUT2D eigenvalue weighted by molar-refractivity contribution is 6.11. The minimum Gasteiger partial charge on any atom is -0.467 e. The van der Waals surface area contributed by atoms with Gasteiger partial charge in [-0.05, 0) is 103 Å². The maximum Gasteiger partial charge on any atom is 0.331 e. The zero-order valence-electron chi connectivity index (χ0n) is 36.5. The van der Waals surface area contributed by atoms with Gasteiger partial charge >= 0.3 is 18.0 Å². The number of rotatable bonds is 8. The number of hydrogen-bond acceptors (Lipinski definition) is 8. The Kier molecular flexibility index (Phi) is 14.5. The smallest absolute Gasteiger partial charge is 0.331 e. The van der Waals surface area contributed by atoms with Crippen molar-refractivity contribution < 1.29 is 33.4 Å². The molecule has 12 nitrogen and oxygen atoms in total. The highest BCUT2D eigenvalue weighted by atomic mass is 16.5. The summed E-state index contributed by atoms with van der Waals surface area (Å²) in [5.74, 6) is -1.55. The van der Waals surface area contributed by atoms with Crippen LogP contribution in [0.5, 0.6) is 0 Å². The minimum absolute atomic E-state index is 0.290. The molecule has 2 aliphatic carbocycles. The Balaban J connectivity index is 0.000000223. The van der Waals surface area contributed by atoms with Gasteiger partial charge in [-0.2, -0.15) is 0 Å². The quantitative estimate of drug-likeness (QED) is 0.0582. The zero-order chi connectivity index (χ0) is 44.4. The maximum absolute atomic E-state index is 13.7. The second-order valence-electron chi connectivity index (χ2n) is 16.8. The van der Waals surface area contributed by atoms with Gasteiger partial charge in [0.05, 0.1) is 31.0 Å². The first kappa shape index (κ1) is 45.1. The van der Waals surface area contributed by atoms with Gasteiger partial charge in [0.15, 0.2) is 0 Å². The molecule has 0 saturated heterocycles. The molecule has 0 atom stereocenters. The third kappa shape index (κ3) is 10.4. The molecule has 12 heteroatoms. The van der Waals surface area contributed by atoms with Crippen molar-refractivity contribution in [3.05, 3.63) is 113 Å². The topological polar surface area (TPSA) is 178 Å². The lowest BCUT2D eigenvalue weighted by Gasteiger charge is -2.31. The van der Waals surface area contributed by atoms with Crippen molar-refractivity contribution in [2.24, 2.45) is 0 Å². The van der Waals surface area contributed by atoms with Crippen molar-refractivity contribution >= 4 is 68.4 Å². The van der Waals surface area contributed by atoms with Crippen LogP contribution < -0.4 is 27.0 Å². The van der Waals surface area contributed by atoms with E-state index in [0.717, 1.165) is 95.3 Å². The van der Waals surface area contributed by atoms with Gasteiger partial charge in [-0.25, -0.2) is 14.4 Å². The molecule has 0 bridgehead atoms. The van der Waals surface area contributed by atoms with Gasteiger partial charge < -0.3 is 36.5 Å². The number of nitrogens with two attached hydrogens (primary N) is 1. The van der Waals surface area contributed by atoms with Crippen LogP contribution in [0.1, 0.15) is 114 Å². The fourth-order valence-electron chi connectivity index (χ4n) is 9.01. The van der Waals surface area contributed by atoms with Gasteiger partial charge in [0, 0.05) is 11.4 Å². The lowest BCUT2D eigenvalue weighted by molar-refractivity contribution is -0.149. The van der Waals surface area contributed by atoms with Crippen LogP contribution in [-0.4, -0.2) is 55.1 Å². The molecule has 0 spiro atoms. The van der Waals surface area contributed by atoms with E-state index in [0.29, 0.717) is 48.2 Å². The zero-order valence-corrected chi connectivity index (χ0v) is 36.5. The van der Waals surface area contributed by atoms with Gasteiger partial charge in [-0.1, -0.05) is 118 Å². The highest BCUT2D eigenvalue weighted by Gasteiger charge is 2.43. The number of ether oxygens (including phenoxy) is 2. The average molecular weight is 842 g/mol. The largest absolute Gasteiger partial charge is 0.467 e. The number of nitrogens with one attached hydrogen (secondary N) is 4. The van der Waals surface area contributed by atoms with Crippen molar-refractivity contribution in [1.82, 2.24) is 10.6 Å². The van der Waals surface area contributed by atoms with E-state index < -0.39 is 29.0 Å². The second kappa shape index (κ2) is 20.0. The Labute approximate surface area is 363 Å². The summed E-state index contributed by atoms with van der Waals surface area (Å²) in [6, 6.07) is 26.1. The second-order valence-corrected chi connectivity index (χ2v) is 16.8. The number of urea groups is 1. The Morgan fingerprint density at radius 2 is 0.935 bits per heavy atom. The molecule has 5 aromatic rings. The summed E-state index contributed by atoms with van der Waals surface area (Å²) in [5, 5.41) is 15.4. The molecule has 0 aliphatic heterocycles. The molecule has 7 rings (SSSR count). The van der Waals surface area contributed by atoms with Gasteiger partial charge in [0.25, 0.3) is 11.8 Å². The molecular formula is C50H59N5O7. The first-order valence-corrected chi connectivity index (χ1v) is 21.6. The fourth-order valence-corrected chi connectivity index (χ4v) is 9.01. The number of fused-ring (bicyclic) bond motifs is 2. The van der Waals surface area contributed by atoms with Crippen molar-refractivity contribution in [2.75, 3.05) is 30.6 Å². The molecule has 326 valence electrons. The molecule has 2 aliphatic rings. The first-order chi connectivity index (χ1) is 29.8. The Morgan fingerprint density at radius 1 is 0.532 bits per heavy atom. The fraction of sp³-hybridized carbons (Fsp3) is 0.380. The summed E-state index contributed by atoms with van der Waals surface area (Å²) in [6.07, 6.45) is 9.82. The van der Waals surface area contributed by atoms with Crippen LogP contribution >= 0.6 is 0 Å². The average Bonchev–Trinajstić information content (AvgIpc) is 3.66. The van der Waals surface area contributed by atoms with Crippen molar-refractivity contribution in [3.63, 3.8) is 0 Å². The Morgan fingerprint density at radius 3 is 1.39 bits per heavy atom. The van der Waals surface area contributed by atoms with Crippen LogP contribution in [-0.2, 0) is 19.1 Å². The number of nitrogen functional groups attached to an aromatic ring is 1. The van der Waals surface area contributed by atoms with Crippen LogP contribution in [0, 0.1) is 20.8 Å². The molecule has 0 heterocycles. The van der Waals surface area contributed by atoms with Crippen molar-refractivity contribution in [3.8, 4) is 0 Å². The Bertz CT molecular complexity index is 2440. The summed E-state index contributed by atoms with van der Waals surface area (Å²) >= 11 is 0. The van der Waals surface area contributed by atoms with E-state index in [1.54, 1.807) is 24.3 Å².